The summed E-state index contributed by atoms with van der Waals surface area (Å²) >= 11 is 6.13. The molecule has 0 aliphatic heterocycles. The normalized spacial score (nSPS) is 17.8. The van der Waals surface area contributed by atoms with Crippen LogP contribution in [0.4, 0.5) is 0 Å². The van der Waals surface area contributed by atoms with E-state index in [4.69, 9.17) is 16.6 Å². The molecule has 3 heteroatoms. The highest BCUT2D eigenvalue weighted by molar-refractivity contribution is 6.16. The lowest BCUT2D eigenvalue weighted by Gasteiger charge is -2.19. The third-order valence-electron chi connectivity index (χ3n) is 4.30. The zero-order chi connectivity index (χ0) is 13.2. The molecule has 1 aliphatic carbocycles. The molecule has 1 fully saturated rings. The summed E-state index contributed by atoms with van der Waals surface area (Å²) in [6.45, 7) is 2.13. The van der Waals surface area contributed by atoms with Gasteiger partial charge in [0, 0.05) is 6.04 Å². The average Bonchev–Trinajstić information content (AvgIpc) is 2.61. The predicted octanol–water partition coefficient (Wildman–Crippen LogP) is 4.98. The topological polar surface area (TPSA) is 17.8 Å². The number of aromatic nitrogens is 2. The van der Waals surface area contributed by atoms with Gasteiger partial charge in [-0.1, -0.05) is 37.8 Å². The molecule has 0 N–H and O–H groups in total. The molecular weight excluding hydrogens is 256 g/mol. The number of hydrogen-bond donors (Lipinski definition) is 0. The summed E-state index contributed by atoms with van der Waals surface area (Å²) in [5.41, 5.74) is 3.64. The fourth-order valence-electron chi connectivity index (χ4n) is 3.32. The van der Waals surface area contributed by atoms with Crippen LogP contribution in [0.1, 0.15) is 56.0 Å². The zero-order valence-corrected chi connectivity index (χ0v) is 12.3. The maximum absolute atomic E-state index is 6.13. The Bertz CT molecular complexity index is 565. The van der Waals surface area contributed by atoms with Gasteiger partial charge in [-0.3, -0.25) is 0 Å². The number of benzene rings is 1. The SMILES string of the molecule is Cc1cccc2c1nc(CCl)n2C1CCCCCC1. The van der Waals surface area contributed by atoms with Gasteiger partial charge in [0.05, 0.1) is 16.9 Å². The van der Waals surface area contributed by atoms with Gasteiger partial charge in [-0.2, -0.15) is 0 Å². The number of alkyl halides is 1. The van der Waals surface area contributed by atoms with Crippen LogP contribution in [0.15, 0.2) is 18.2 Å². The Labute approximate surface area is 119 Å². The van der Waals surface area contributed by atoms with Crippen molar-refractivity contribution < 1.29 is 0 Å². The lowest BCUT2D eigenvalue weighted by Crippen LogP contribution is -2.11. The lowest BCUT2D eigenvalue weighted by molar-refractivity contribution is 0.444. The molecule has 2 aromatic rings. The standard InChI is InChI=1S/C16H21ClN2/c1-12-7-6-10-14-16(12)18-15(11-17)19(14)13-8-4-2-3-5-9-13/h6-7,10,13H,2-5,8-9,11H2,1H3. The Morgan fingerprint density at radius 2 is 1.95 bits per heavy atom. The first-order valence-electron chi connectivity index (χ1n) is 7.33. The van der Waals surface area contributed by atoms with Crippen molar-refractivity contribution in [2.45, 2.75) is 57.4 Å². The van der Waals surface area contributed by atoms with Crippen molar-refractivity contribution in [3.63, 3.8) is 0 Å². The van der Waals surface area contributed by atoms with E-state index in [1.807, 2.05) is 0 Å². The molecule has 102 valence electrons. The van der Waals surface area contributed by atoms with Crippen LogP contribution in [0.2, 0.25) is 0 Å². The van der Waals surface area contributed by atoms with Crippen LogP contribution in [0.5, 0.6) is 0 Å². The number of aryl methyl sites for hydroxylation is 1. The molecule has 0 spiro atoms. The van der Waals surface area contributed by atoms with Crippen molar-refractivity contribution in [2.75, 3.05) is 0 Å². The van der Waals surface area contributed by atoms with Gasteiger partial charge in [-0.15, -0.1) is 11.6 Å². The molecule has 0 saturated heterocycles. The fourth-order valence-corrected chi connectivity index (χ4v) is 3.51. The molecule has 0 bridgehead atoms. The molecule has 1 aliphatic rings. The van der Waals surface area contributed by atoms with Crippen molar-refractivity contribution >= 4 is 22.6 Å². The Balaban J connectivity index is 2.12. The van der Waals surface area contributed by atoms with Crippen molar-refractivity contribution in [1.29, 1.82) is 0 Å². The van der Waals surface area contributed by atoms with Crippen LogP contribution in [-0.2, 0) is 5.88 Å². The summed E-state index contributed by atoms with van der Waals surface area (Å²) in [4.78, 5) is 4.77. The molecule has 1 aromatic heterocycles. The van der Waals surface area contributed by atoms with Crippen LogP contribution in [0.3, 0.4) is 0 Å². The van der Waals surface area contributed by atoms with Crippen molar-refractivity contribution in [3.05, 3.63) is 29.6 Å². The van der Waals surface area contributed by atoms with Crippen molar-refractivity contribution in [1.82, 2.24) is 9.55 Å². The predicted molar refractivity (Wildman–Crippen MR) is 80.8 cm³/mol. The number of nitrogens with zero attached hydrogens (tertiary/aromatic N) is 2. The highest BCUT2D eigenvalue weighted by Gasteiger charge is 2.20. The zero-order valence-electron chi connectivity index (χ0n) is 11.5. The average molecular weight is 277 g/mol. The number of hydrogen-bond acceptors (Lipinski definition) is 1. The van der Waals surface area contributed by atoms with E-state index in [-0.39, 0.29) is 0 Å². The molecule has 3 rings (SSSR count). The maximum Gasteiger partial charge on any atom is 0.125 e. The lowest BCUT2D eigenvalue weighted by atomic mass is 10.1. The van der Waals surface area contributed by atoms with E-state index in [1.54, 1.807) is 0 Å². The van der Waals surface area contributed by atoms with Gasteiger partial charge in [0.2, 0.25) is 0 Å². The number of fused-ring (bicyclic) bond motifs is 1. The molecule has 0 radical (unpaired) electrons. The minimum absolute atomic E-state index is 0.505. The minimum Gasteiger partial charge on any atom is -0.324 e. The number of rotatable bonds is 2. The van der Waals surface area contributed by atoms with E-state index < -0.39 is 0 Å². The van der Waals surface area contributed by atoms with Crippen LogP contribution < -0.4 is 0 Å². The van der Waals surface area contributed by atoms with E-state index in [0.29, 0.717) is 11.9 Å². The first kappa shape index (κ1) is 13.0. The Kier molecular flexibility index (Phi) is 3.79. The summed E-state index contributed by atoms with van der Waals surface area (Å²) in [5, 5.41) is 0. The second-order valence-corrected chi connectivity index (χ2v) is 5.89. The number of para-hydroxylation sites is 1. The van der Waals surface area contributed by atoms with E-state index in [9.17, 15) is 0 Å². The van der Waals surface area contributed by atoms with Crippen molar-refractivity contribution in [3.8, 4) is 0 Å². The molecule has 0 atom stereocenters. The molecule has 0 unspecified atom stereocenters. The molecular formula is C16H21ClN2. The van der Waals surface area contributed by atoms with Gasteiger partial charge in [0.1, 0.15) is 5.82 Å². The Morgan fingerprint density at radius 1 is 1.21 bits per heavy atom. The molecule has 1 heterocycles. The fraction of sp³-hybridized carbons (Fsp3) is 0.562. The summed E-state index contributed by atoms with van der Waals surface area (Å²) in [5.74, 6) is 1.54. The van der Waals surface area contributed by atoms with Gasteiger partial charge < -0.3 is 4.57 Å². The minimum atomic E-state index is 0.505. The molecule has 19 heavy (non-hydrogen) atoms. The third kappa shape index (κ3) is 2.38. The van der Waals surface area contributed by atoms with Crippen LogP contribution in [0.25, 0.3) is 11.0 Å². The van der Waals surface area contributed by atoms with E-state index in [0.717, 1.165) is 11.3 Å². The summed E-state index contributed by atoms with van der Waals surface area (Å²) in [6, 6.07) is 7.04. The maximum atomic E-state index is 6.13. The second-order valence-electron chi connectivity index (χ2n) is 5.62. The van der Waals surface area contributed by atoms with Crippen molar-refractivity contribution in [2.24, 2.45) is 0 Å². The van der Waals surface area contributed by atoms with Crippen LogP contribution in [0, 0.1) is 6.92 Å². The molecule has 0 amide bonds. The second kappa shape index (κ2) is 5.54. The van der Waals surface area contributed by atoms with E-state index in [1.165, 1.54) is 49.6 Å². The first-order valence-corrected chi connectivity index (χ1v) is 7.87. The summed E-state index contributed by atoms with van der Waals surface area (Å²) in [7, 11) is 0. The van der Waals surface area contributed by atoms with Gasteiger partial charge in [-0.05, 0) is 31.4 Å². The van der Waals surface area contributed by atoms with Gasteiger partial charge >= 0.3 is 0 Å². The van der Waals surface area contributed by atoms with Gasteiger partial charge in [-0.25, -0.2) is 4.98 Å². The third-order valence-corrected chi connectivity index (χ3v) is 4.54. The van der Waals surface area contributed by atoms with Crippen LogP contribution >= 0.6 is 11.6 Å². The Morgan fingerprint density at radius 3 is 2.63 bits per heavy atom. The first-order chi connectivity index (χ1) is 9.31. The summed E-state index contributed by atoms with van der Waals surface area (Å²) in [6.07, 6.45) is 7.94. The summed E-state index contributed by atoms with van der Waals surface area (Å²) < 4.78 is 2.42. The van der Waals surface area contributed by atoms with Gasteiger partial charge in [0.15, 0.2) is 0 Å². The highest BCUT2D eigenvalue weighted by Crippen LogP contribution is 2.32. The van der Waals surface area contributed by atoms with E-state index in [2.05, 4.69) is 29.7 Å². The van der Waals surface area contributed by atoms with Gasteiger partial charge in [0.25, 0.3) is 0 Å². The smallest absolute Gasteiger partial charge is 0.125 e. The molecule has 2 nitrogen and oxygen atoms in total. The molecule has 1 aromatic carbocycles. The monoisotopic (exact) mass is 276 g/mol. The number of imidazole rings is 1. The van der Waals surface area contributed by atoms with E-state index >= 15 is 0 Å². The largest absolute Gasteiger partial charge is 0.324 e. The molecule has 1 saturated carbocycles. The Hall–Kier alpha value is -1.02. The highest BCUT2D eigenvalue weighted by atomic mass is 35.5. The van der Waals surface area contributed by atoms with Crippen LogP contribution in [-0.4, -0.2) is 9.55 Å². The number of halogens is 1. The quantitative estimate of drug-likeness (QED) is 0.559.